The highest BCUT2D eigenvalue weighted by atomic mass is 16.2. The van der Waals surface area contributed by atoms with Crippen LogP contribution in [-0.2, 0) is 11.3 Å². The fourth-order valence-corrected chi connectivity index (χ4v) is 3.19. The van der Waals surface area contributed by atoms with Gasteiger partial charge in [0.1, 0.15) is 0 Å². The zero-order chi connectivity index (χ0) is 17.5. The minimum absolute atomic E-state index is 0.260. The van der Waals surface area contributed by atoms with Crippen molar-refractivity contribution < 1.29 is 4.79 Å². The molecule has 0 radical (unpaired) electrons. The van der Waals surface area contributed by atoms with Gasteiger partial charge in [-0.25, -0.2) is 0 Å². The van der Waals surface area contributed by atoms with Crippen LogP contribution in [0.2, 0.25) is 0 Å². The van der Waals surface area contributed by atoms with Crippen LogP contribution in [0.25, 0.3) is 6.08 Å². The van der Waals surface area contributed by atoms with Crippen molar-refractivity contribution in [1.29, 1.82) is 0 Å². The van der Waals surface area contributed by atoms with Crippen molar-refractivity contribution in [2.24, 2.45) is 0 Å². The smallest absolute Gasteiger partial charge is 0.224 e. The fourth-order valence-electron chi connectivity index (χ4n) is 3.19. The molecule has 0 atom stereocenters. The first-order valence-electron chi connectivity index (χ1n) is 8.98. The third kappa shape index (κ3) is 5.30. The van der Waals surface area contributed by atoms with E-state index in [0.717, 1.165) is 26.2 Å². The Bertz CT molecular complexity index is 724. The van der Waals surface area contributed by atoms with Crippen LogP contribution in [0.15, 0.2) is 60.7 Å². The van der Waals surface area contributed by atoms with E-state index < -0.39 is 0 Å². The first-order chi connectivity index (χ1) is 12.2. The maximum absolute atomic E-state index is 12.4. The largest absolute Gasteiger partial charge is 0.337 e. The Morgan fingerprint density at radius 1 is 1.00 bits per heavy atom. The lowest BCUT2D eigenvalue weighted by Crippen LogP contribution is -2.32. The van der Waals surface area contributed by atoms with Crippen molar-refractivity contribution in [1.82, 2.24) is 9.80 Å². The Kier molecular flexibility index (Phi) is 6.02. The quantitative estimate of drug-likeness (QED) is 0.831. The second kappa shape index (κ2) is 8.63. The van der Waals surface area contributed by atoms with Gasteiger partial charge in [-0.1, -0.05) is 72.3 Å². The van der Waals surface area contributed by atoms with Gasteiger partial charge in [-0.15, -0.1) is 0 Å². The van der Waals surface area contributed by atoms with E-state index in [-0.39, 0.29) is 5.91 Å². The van der Waals surface area contributed by atoms with Crippen molar-refractivity contribution in [3.63, 3.8) is 0 Å². The van der Waals surface area contributed by atoms with E-state index in [1.54, 1.807) is 0 Å². The van der Waals surface area contributed by atoms with Crippen LogP contribution in [-0.4, -0.2) is 41.9 Å². The number of hydrogen-bond acceptors (Lipinski definition) is 2. The van der Waals surface area contributed by atoms with Gasteiger partial charge in [-0.05, 0) is 18.1 Å². The molecule has 1 aliphatic rings. The Balaban J connectivity index is 1.54. The topological polar surface area (TPSA) is 23.6 Å². The van der Waals surface area contributed by atoms with E-state index in [9.17, 15) is 4.79 Å². The highest BCUT2D eigenvalue weighted by Crippen LogP contribution is 2.12. The molecule has 0 unspecified atom stereocenters. The van der Waals surface area contributed by atoms with Gasteiger partial charge in [-0.3, -0.25) is 9.69 Å². The Morgan fingerprint density at radius 2 is 1.84 bits per heavy atom. The van der Waals surface area contributed by atoms with Crippen LogP contribution in [0.5, 0.6) is 0 Å². The molecule has 25 heavy (non-hydrogen) atoms. The summed E-state index contributed by atoms with van der Waals surface area (Å²) in [5, 5.41) is 0. The van der Waals surface area contributed by atoms with Crippen molar-refractivity contribution >= 4 is 12.0 Å². The van der Waals surface area contributed by atoms with Crippen molar-refractivity contribution in [2.45, 2.75) is 19.9 Å². The molecule has 1 fully saturated rings. The monoisotopic (exact) mass is 334 g/mol. The molecule has 3 nitrogen and oxygen atoms in total. The van der Waals surface area contributed by atoms with Crippen molar-refractivity contribution in [3.05, 3.63) is 77.4 Å². The molecule has 130 valence electrons. The van der Waals surface area contributed by atoms with Gasteiger partial charge in [0.05, 0.1) is 0 Å². The first kappa shape index (κ1) is 17.4. The average molecular weight is 334 g/mol. The van der Waals surface area contributed by atoms with Gasteiger partial charge >= 0.3 is 0 Å². The van der Waals surface area contributed by atoms with Crippen LogP contribution in [0, 0.1) is 6.92 Å². The molecule has 1 heterocycles. The number of amides is 1. The van der Waals surface area contributed by atoms with Crippen molar-refractivity contribution in [2.75, 3.05) is 26.2 Å². The van der Waals surface area contributed by atoms with E-state index in [2.05, 4.69) is 60.4 Å². The van der Waals surface area contributed by atoms with E-state index in [1.807, 2.05) is 23.1 Å². The number of carbonyl (C=O) groups excluding carboxylic acids is 1. The Labute approximate surface area is 150 Å². The molecule has 0 spiro atoms. The lowest BCUT2D eigenvalue weighted by Gasteiger charge is -2.21. The summed E-state index contributed by atoms with van der Waals surface area (Å²) in [5.41, 5.74) is 3.67. The third-order valence-corrected chi connectivity index (χ3v) is 4.61. The van der Waals surface area contributed by atoms with E-state index in [0.29, 0.717) is 13.0 Å². The molecular formula is C22H26N2O. The standard InChI is InChI=1S/C22H26N2O/c1-19-7-5-10-21(17-19)18-24-16-15-23(14-12-22(24)25)13-6-11-20-8-3-2-4-9-20/h2-11,17H,12-16,18H2,1H3. The molecule has 0 N–H and O–H groups in total. The normalized spacial score (nSPS) is 16.4. The van der Waals surface area contributed by atoms with E-state index in [4.69, 9.17) is 0 Å². The Morgan fingerprint density at radius 3 is 2.64 bits per heavy atom. The van der Waals surface area contributed by atoms with Crippen LogP contribution in [0.4, 0.5) is 0 Å². The van der Waals surface area contributed by atoms with Gasteiger partial charge < -0.3 is 4.90 Å². The SMILES string of the molecule is Cc1cccc(CN2CCN(CC=Cc3ccccc3)CCC2=O)c1. The van der Waals surface area contributed by atoms with Gasteiger partial charge in [0.25, 0.3) is 0 Å². The Hall–Kier alpha value is -2.39. The molecule has 2 aromatic carbocycles. The second-order valence-electron chi connectivity index (χ2n) is 6.67. The highest BCUT2D eigenvalue weighted by molar-refractivity contribution is 5.76. The molecule has 0 aliphatic carbocycles. The molecule has 3 heteroatoms. The molecule has 0 saturated carbocycles. The summed E-state index contributed by atoms with van der Waals surface area (Å²) in [6.45, 7) is 6.26. The summed E-state index contributed by atoms with van der Waals surface area (Å²) < 4.78 is 0. The zero-order valence-corrected chi connectivity index (χ0v) is 14.9. The maximum atomic E-state index is 12.4. The summed E-state index contributed by atoms with van der Waals surface area (Å²) in [4.78, 5) is 16.8. The number of hydrogen-bond donors (Lipinski definition) is 0. The highest BCUT2D eigenvalue weighted by Gasteiger charge is 2.20. The summed E-state index contributed by atoms with van der Waals surface area (Å²) in [7, 11) is 0. The van der Waals surface area contributed by atoms with Crippen molar-refractivity contribution in [3.8, 4) is 0 Å². The zero-order valence-electron chi connectivity index (χ0n) is 14.9. The number of aryl methyl sites for hydroxylation is 1. The third-order valence-electron chi connectivity index (χ3n) is 4.61. The maximum Gasteiger partial charge on any atom is 0.224 e. The number of benzene rings is 2. The van der Waals surface area contributed by atoms with E-state index >= 15 is 0 Å². The average Bonchev–Trinajstić information content (AvgIpc) is 2.79. The predicted octanol–water partition coefficient (Wildman–Crippen LogP) is 3.74. The lowest BCUT2D eigenvalue weighted by molar-refractivity contribution is -0.130. The molecule has 1 amide bonds. The molecule has 0 bridgehead atoms. The number of nitrogens with zero attached hydrogens (tertiary/aromatic N) is 2. The fraction of sp³-hybridized carbons (Fsp3) is 0.318. The molecular weight excluding hydrogens is 308 g/mol. The van der Waals surface area contributed by atoms with Gasteiger partial charge in [-0.2, -0.15) is 0 Å². The van der Waals surface area contributed by atoms with Crippen LogP contribution < -0.4 is 0 Å². The van der Waals surface area contributed by atoms with Crippen LogP contribution in [0.3, 0.4) is 0 Å². The van der Waals surface area contributed by atoms with Gasteiger partial charge in [0, 0.05) is 39.1 Å². The predicted molar refractivity (Wildman–Crippen MR) is 103 cm³/mol. The summed E-state index contributed by atoms with van der Waals surface area (Å²) in [6, 6.07) is 18.8. The number of rotatable bonds is 5. The van der Waals surface area contributed by atoms with Crippen LogP contribution in [0.1, 0.15) is 23.1 Å². The first-order valence-corrected chi connectivity index (χ1v) is 8.98. The summed E-state index contributed by atoms with van der Waals surface area (Å²) in [6.07, 6.45) is 4.94. The van der Waals surface area contributed by atoms with Gasteiger partial charge in [0.2, 0.25) is 5.91 Å². The van der Waals surface area contributed by atoms with Gasteiger partial charge in [0.15, 0.2) is 0 Å². The lowest BCUT2D eigenvalue weighted by atomic mass is 10.1. The summed E-state index contributed by atoms with van der Waals surface area (Å²) >= 11 is 0. The summed E-state index contributed by atoms with van der Waals surface area (Å²) in [5.74, 6) is 0.260. The second-order valence-corrected chi connectivity index (χ2v) is 6.67. The molecule has 2 aromatic rings. The minimum atomic E-state index is 0.260. The minimum Gasteiger partial charge on any atom is -0.337 e. The van der Waals surface area contributed by atoms with Crippen LogP contribution >= 0.6 is 0 Å². The number of carbonyl (C=O) groups is 1. The molecule has 1 saturated heterocycles. The van der Waals surface area contributed by atoms with E-state index in [1.165, 1.54) is 16.7 Å². The molecule has 0 aromatic heterocycles. The molecule has 3 rings (SSSR count). The molecule has 1 aliphatic heterocycles.